The fraction of sp³-hybridized carbons (Fsp3) is 0.400. The molecule has 0 spiro atoms. The molecule has 0 saturated carbocycles. The number of halogens is 1. The first-order chi connectivity index (χ1) is 7.19. The number of hydrogen-bond acceptors (Lipinski definition) is 4. The predicted molar refractivity (Wildman–Crippen MR) is 57.2 cm³/mol. The van der Waals surface area contributed by atoms with Crippen LogP contribution < -0.4 is 9.47 Å². The summed E-state index contributed by atoms with van der Waals surface area (Å²) >= 11 is 1.23. The molecule has 84 valence electrons. The lowest BCUT2D eigenvalue weighted by Gasteiger charge is -2.15. The van der Waals surface area contributed by atoms with Crippen LogP contribution in [0.15, 0.2) is 11.0 Å². The van der Waals surface area contributed by atoms with Gasteiger partial charge in [0.1, 0.15) is 5.82 Å². The molecule has 0 aliphatic heterocycles. The number of hydrogen-bond donors (Lipinski definition) is 1. The minimum atomic E-state index is -0.413. The fourth-order valence-corrected chi connectivity index (χ4v) is 1.97. The Labute approximate surface area is 92.2 Å². The summed E-state index contributed by atoms with van der Waals surface area (Å²) < 4.78 is 23.7. The normalized spacial score (nSPS) is 10.2. The van der Waals surface area contributed by atoms with Crippen LogP contribution in [-0.4, -0.2) is 25.6 Å². The first-order valence-electron chi connectivity index (χ1n) is 4.27. The summed E-state index contributed by atoms with van der Waals surface area (Å²) in [5, 5.41) is 9.05. The largest absolute Gasteiger partial charge is 0.492 e. The molecule has 15 heavy (non-hydrogen) atoms. The van der Waals surface area contributed by atoms with Crippen LogP contribution in [0.4, 0.5) is 4.39 Å². The van der Waals surface area contributed by atoms with Gasteiger partial charge < -0.3 is 14.6 Å². The second kappa shape index (κ2) is 5.23. The van der Waals surface area contributed by atoms with E-state index in [-0.39, 0.29) is 6.61 Å². The molecule has 0 atom stereocenters. The SMILES string of the molecule is COc1c(CO)cc(F)c(SC)c1OC. The molecule has 1 rings (SSSR count). The monoisotopic (exact) mass is 232 g/mol. The van der Waals surface area contributed by atoms with Gasteiger partial charge in [0.2, 0.25) is 0 Å². The van der Waals surface area contributed by atoms with E-state index in [9.17, 15) is 4.39 Å². The molecule has 0 aliphatic carbocycles. The molecule has 1 aromatic carbocycles. The van der Waals surface area contributed by atoms with Crippen LogP contribution in [0.3, 0.4) is 0 Å². The summed E-state index contributed by atoms with van der Waals surface area (Å²) in [5.74, 6) is 0.295. The quantitative estimate of drug-likeness (QED) is 0.806. The van der Waals surface area contributed by atoms with Crippen LogP contribution >= 0.6 is 11.8 Å². The summed E-state index contributed by atoms with van der Waals surface area (Å²) in [6.07, 6.45) is 1.75. The summed E-state index contributed by atoms with van der Waals surface area (Å²) in [6.45, 7) is -0.287. The van der Waals surface area contributed by atoms with E-state index in [1.54, 1.807) is 6.26 Å². The summed E-state index contributed by atoms with van der Waals surface area (Å²) in [5.41, 5.74) is 0.379. The van der Waals surface area contributed by atoms with Gasteiger partial charge in [-0.2, -0.15) is 0 Å². The molecule has 0 aliphatic rings. The molecule has 0 aromatic heterocycles. The molecule has 0 radical (unpaired) electrons. The highest BCUT2D eigenvalue weighted by Gasteiger charge is 2.18. The Morgan fingerprint density at radius 1 is 1.33 bits per heavy atom. The molecule has 3 nitrogen and oxygen atoms in total. The third kappa shape index (κ3) is 2.18. The molecule has 1 N–H and O–H groups in total. The van der Waals surface area contributed by atoms with E-state index in [0.29, 0.717) is 22.0 Å². The maximum atomic E-state index is 13.5. The van der Waals surface area contributed by atoms with Crippen LogP contribution in [-0.2, 0) is 6.61 Å². The van der Waals surface area contributed by atoms with Crippen molar-refractivity contribution in [3.63, 3.8) is 0 Å². The fourth-order valence-electron chi connectivity index (χ4n) is 1.36. The van der Waals surface area contributed by atoms with E-state index in [2.05, 4.69) is 0 Å². The number of aliphatic hydroxyl groups is 1. The third-order valence-corrected chi connectivity index (χ3v) is 2.79. The van der Waals surface area contributed by atoms with Crippen molar-refractivity contribution in [1.82, 2.24) is 0 Å². The zero-order valence-electron chi connectivity index (χ0n) is 8.83. The average molecular weight is 232 g/mol. The van der Waals surface area contributed by atoms with Gasteiger partial charge in [0, 0.05) is 5.56 Å². The second-order valence-corrected chi connectivity index (χ2v) is 3.59. The molecule has 5 heteroatoms. The Morgan fingerprint density at radius 2 is 1.93 bits per heavy atom. The van der Waals surface area contributed by atoms with Crippen LogP contribution in [0.25, 0.3) is 0 Å². The van der Waals surface area contributed by atoms with Crippen molar-refractivity contribution in [3.05, 3.63) is 17.4 Å². The van der Waals surface area contributed by atoms with Crippen molar-refractivity contribution in [2.45, 2.75) is 11.5 Å². The van der Waals surface area contributed by atoms with Crippen LogP contribution in [0.1, 0.15) is 5.56 Å². The predicted octanol–water partition coefficient (Wildman–Crippen LogP) is 2.06. The Bertz CT molecular complexity index is 355. The van der Waals surface area contributed by atoms with Crippen LogP contribution in [0.2, 0.25) is 0 Å². The lowest BCUT2D eigenvalue weighted by Crippen LogP contribution is -2.00. The Morgan fingerprint density at radius 3 is 2.33 bits per heavy atom. The number of rotatable bonds is 4. The topological polar surface area (TPSA) is 38.7 Å². The molecule has 0 amide bonds. The maximum Gasteiger partial charge on any atom is 0.177 e. The lowest BCUT2D eigenvalue weighted by atomic mass is 10.2. The Kier molecular flexibility index (Phi) is 4.23. The van der Waals surface area contributed by atoms with Gasteiger partial charge in [0.15, 0.2) is 11.5 Å². The van der Waals surface area contributed by atoms with E-state index in [4.69, 9.17) is 14.6 Å². The summed E-state index contributed by atoms with van der Waals surface area (Å²) in [4.78, 5) is 0.381. The van der Waals surface area contributed by atoms with Crippen molar-refractivity contribution in [2.24, 2.45) is 0 Å². The Hall–Kier alpha value is -0.940. The summed E-state index contributed by atoms with van der Waals surface area (Å²) in [6, 6.07) is 1.26. The molecule has 0 heterocycles. The highest BCUT2D eigenvalue weighted by Crippen LogP contribution is 2.41. The zero-order valence-corrected chi connectivity index (χ0v) is 9.65. The first kappa shape index (κ1) is 12.1. The third-order valence-electron chi connectivity index (χ3n) is 2.00. The first-order valence-corrected chi connectivity index (χ1v) is 5.50. The molecule has 0 fully saturated rings. The van der Waals surface area contributed by atoms with Crippen molar-refractivity contribution in [3.8, 4) is 11.5 Å². The standard InChI is InChI=1S/C10H13FO3S/c1-13-8-6(5-12)4-7(11)10(15-3)9(8)14-2/h4,12H,5H2,1-3H3. The number of thioether (sulfide) groups is 1. The van der Waals surface area contributed by atoms with E-state index in [1.165, 1.54) is 32.0 Å². The minimum absolute atomic E-state index is 0.287. The molecule has 1 aromatic rings. The second-order valence-electron chi connectivity index (χ2n) is 2.78. The van der Waals surface area contributed by atoms with E-state index < -0.39 is 5.82 Å². The Balaban J connectivity index is 3.44. The number of methoxy groups -OCH3 is 2. The molecule has 0 saturated heterocycles. The van der Waals surface area contributed by atoms with Gasteiger partial charge in [0.25, 0.3) is 0 Å². The van der Waals surface area contributed by atoms with Gasteiger partial charge in [-0.3, -0.25) is 0 Å². The summed E-state index contributed by atoms with van der Waals surface area (Å²) in [7, 11) is 2.90. The number of aliphatic hydroxyl groups excluding tert-OH is 1. The highest BCUT2D eigenvalue weighted by molar-refractivity contribution is 7.98. The van der Waals surface area contributed by atoms with Crippen LogP contribution in [0.5, 0.6) is 11.5 Å². The van der Waals surface area contributed by atoms with Gasteiger partial charge in [-0.05, 0) is 12.3 Å². The van der Waals surface area contributed by atoms with Crippen molar-refractivity contribution < 1.29 is 19.0 Å². The van der Waals surface area contributed by atoms with Crippen molar-refractivity contribution in [1.29, 1.82) is 0 Å². The van der Waals surface area contributed by atoms with Gasteiger partial charge >= 0.3 is 0 Å². The van der Waals surface area contributed by atoms with Gasteiger partial charge in [-0.15, -0.1) is 11.8 Å². The number of benzene rings is 1. The van der Waals surface area contributed by atoms with Crippen LogP contribution in [0, 0.1) is 5.82 Å². The van der Waals surface area contributed by atoms with Crippen molar-refractivity contribution in [2.75, 3.05) is 20.5 Å². The smallest absolute Gasteiger partial charge is 0.177 e. The molecule has 0 unspecified atom stereocenters. The van der Waals surface area contributed by atoms with E-state index in [1.807, 2.05) is 0 Å². The molecule has 0 bridgehead atoms. The maximum absolute atomic E-state index is 13.5. The van der Waals surface area contributed by atoms with Gasteiger partial charge in [-0.25, -0.2) is 4.39 Å². The lowest BCUT2D eigenvalue weighted by molar-refractivity contribution is 0.267. The molecular formula is C10H13FO3S. The van der Waals surface area contributed by atoms with E-state index >= 15 is 0 Å². The van der Waals surface area contributed by atoms with Gasteiger partial charge in [-0.1, -0.05) is 0 Å². The average Bonchev–Trinajstić information content (AvgIpc) is 2.27. The number of ether oxygens (including phenoxy) is 2. The van der Waals surface area contributed by atoms with Gasteiger partial charge in [0.05, 0.1) is 25.7 Å². The zero-order chi connectivity index (χ0) is 11.4. The minimum Gasteiger partial charge on any atom is -0.492 e. The molecular weight excluding hydrogens is 219 g/mol. The highest BCUT2D eigenvalue weighted by atomic mass is 32.2. The van der Waals surface area contributed by atoms with E-state index in [0.717, 1.165) is 0 Å². The van der Waals surface area contributed by atoms with Crippen molar-refractivity contribution >= 4 is 11.8 Å².